The summed E-state index contributed by atoms with van der Waals surface area (Å²) in [5.41, 5.74) is -0.667. The summed E-state index contributed by atoms with van der Waals surface area (Å²) in [6.45, 7) is 1.67. The first-order chi connectivity index (χ1) is 5.79. The van der Waals surface area contributed by atoms with E-state index in [1.807, 2.05) is 6.92 Å². The minimum Gasteiger partial charge on any atom is -0.394 e. The fourth-order valence-corrected chi connectivity index (χ4v) is 1.07. The molecule has 1 heterocycles. The molecule has 0 fully saturated rings. The Morgan fingerprint density at radius 3 is 2.50 bits per heavy atom. The van der Waals surface area contributed by atoms with Gasteiger partial charge in [0, 0.05) is 12.3 Å². The lowest BCUT2D eigenvalue weighted by atomic mass is 9.99. The van der Waals surface area contributed by atoms with E-state index in [1.54, 1.807) is 10.9 Å². The van der Waals surface area contributed by atoms with E-state index in [9.17, 15) is 0 Å². The topological polar surface area (TPSA) is 58.3 Å². The molecule has 0 aliphatic heterocycles. The molecule has 2 N–H and O–H groups in total. The van der Waals surface area contributed by atoms with Gasteiger partial charge in [-0.2, -0.15) is 5.10 Å². The van der Waals surface area contributed by atoms with Crippen molar-refractivity contribution >= 4 is 0 Å². The second-order valence-electron chi connectivity index (χ2n) is 2.78. The lowest BCUT2D eigenvalue weighted by Gasteiger charge is -2.28. The predicted octanol–water partition coefficient (Wildman–Crippen LogP) is -0.227. The molecule has 12 heavy (non-hydrogen) atoms. The molecule has 1 radical (unpaired) electrons. The maximum absolute atomic E-state index is 9.11. The molecule has 4 heteroatoms. The van der Waals surface area contributed by atoms with Crippen molar-refractivity contribution in [3.05, 3.63) is 18.5 Å². The van der Waals surface area contributed by atoms with E-state index < -0.39 is 5.54 Å². The third-order valence-corrected chi connectivity index (χ3v) is 2.19. The zero-order valence-electron chi connectivity index (χ0n) is 7.06. The Balaban J connectivity index is 2.93. The Morgan fingerprint density at radius 2 is 2.17 bits per heavy atom. The minimum absolute atomic E-state index is 0.116. The number of nitrogens with zero attached hydrogens (tertiary/aromatic N) is 2. The first-order valence-electron chi connectivity index (χ1n) is 3.92. The number of aromatic nitrogens is 2. The van der Waals surface area contributed by atoms with E-state index in [0.29, 0.717) is 6.42 Å². The molecule has 4 nitrogen and oxygen atoms in total. The highest BCUT2D eigenvalue weighted by molar-refractivity contribution is 4.88. The third kappa shape index (κ3) is 1.35. The van der Waals surface area contributed by atoms with Gasteiger partial charge in [-0.25, -0.2) is 0 Å². The molecule has 0 amide bonds. The maximum Gasteiger partial charge on any atom is 0.108 e. The molecule has 0 atom stereocenters. The van der Waals surface area contributed by atoms with Crippen molar-refractivity contribution in [3.8, 4) is 0 Å². The molecule has 1 aromatic rings. The van der Waals surface area contributed by atoms with Crippen LogP contribution in [0, 0.1) is 6.07 Å². The van der Waals surface area contributed by atoms with Crippen LogP contribution in [0.25, 0.3) is 0 Å². The van der Waals surface area contributed by atoms with Crippen LogP contribution in [-0.4, -0.2) is 33.2 Å². The summed E-state index contributed by atoms with van der Waals surface area (Å²) in [7, 11) is 0. The van der Waals surface area contributed by atoms with Crippen molar-refractivity contribution in [3.63, 3.8) is 0 Å². The van der Waals surface area contributed by atoms with Crippen molar-refractivity contribution in [1.29, 1.82) is 0 Å². The Labute approximate surface area is 71.5 Å². The van der Waals surface area contributed by atoms with Crippen LogP contribution in [0.1, 0.15) is 13.3 Å². The van der Waals surface area contributed by atoms with Gasteiger partial charge >= 0.3 is 0 Å². The monoisotopic (exact) mass is 169 g/mol. The maximum atomic E-state index is 9.11. The van der Waals surface area contributed by atoms with Crippen molar-refractivity contribution in [2.24, 2.45) is 0 Å². The normalized spacial score (nSPS) is 11.9. The van der Waals surface area contributed by atoms with Gasteiger partial charge in [-0.05, 0) is 6.42 Å². The lowest BCUT2D eigenvalue weighted by molar-refractivity contribution is 0.0500. The molecule has 67 valence electrons. The van der Waals surface area contributed by atoms with Crippen molar-refractivity contribution < 1.29 is 10.2 Å². The van der Waals surface area contributed by atoms with Gasteiger partial charge in [0.2, 0.25) is 0 Å². The van der Waals surface area contributed by atoms with E-state index in [4.69, 9.17) is 10.2 Å². The Morgan fingerprint density at radius 1 is 1.50 bits per heavy atom. The SMILES string of the molecule is CCC(CO)(CO)n1c[c]cn1. The van der Waals surface area contributed by atoms with Gasteiger partial charge in [0.05, 0.1) is 19.4 Å². The number of rotatable bonds is 4. The van der Waals surface area contributed by atoms with Crippen LogP contribution < -0.4 is 0 Å². The molecule has 0 spiro atoms. The quantitative estimate of drug-likeness (QED) is 0.654. The largest absolute Gasteiger partial charge is 0.394 e. The third-order valence-electron chi connectivity index (χ3n) is 2.19. The molecule has 0 bridgehead atoms. The molecule has 0 saturated carbocycles. The number of aliphatic hydroxyl groups excluding tert-OH is 2. The number of hydrogen-bond donors (Lipinski definition) is 2. The number of hydrogen-bond acceptors (Lipinski definition) is 3. The minimum atomic E-state index is -0.667. The molecule has 0 saturated heterocycles. The van der Waals surface area contributed by atoms with Crippen molar-refractivity contribution in [2.45, 2.75) is 18.9 Å². The summed E-state index contributed by atoms with van der Waals surface area (Å²) in [5, 5.41) is 22.2. The summed E-state index contributed by atoms with van der Waals surface area (Å²) in [6, 6.07) is 2.77. The average Bonchev–Trinajstić information content (AvgIpc) is 2.62. The van der Waals surface area contributed by atoms with Gasteiger partial charge in [-0.1, -0.05) is 6.92 Å². The van der Waals surface area contributed by atoms with E-state index in [2.05, 4.69) is 11.2 Å². The van der Waals surface area contributed by atoms with Crippen LogP contribution in [0.15, 0.2) is 12.4 Å². The molecule has 0 aliphatic carbocycles. The molecular weight excluding hydrogens is 156 g/mol. The highest BCUT2D eigenvalue weighted by Gasteiger charge is 2.28. The summed E-state index contributed by atoms with van der Waals surface area (Å²) in [6.07, 6.45) is 3.77. The van der Waals surface area contributed by atoms with Gasteiger partial charge in [0.1, 0.15) is 5.54 Å². The first-order valence-corrected chi connectivity index (χ1v) is 3.92. The van der Waals surface area contributed by atoms with Crippen LogP contribution in [0.3, 0.4) is 0 Å². The van der Waals surface area contributed by atoms with Gasteiger partial charge in [0.25, 0.3) is 0 Å². The van der Waals surface area contributed by atoms with E-state index in [1.165, 1.54) is 6.20 Å². The second kappa shape index (κ2) is 3.69. The highest BCUT2D eigenvalue weighted by Crippen LogP contribution is 2.17. The van der Waals surface area contributed by atoms with Crippen LogP contribution in [-0.2, 0) is 5.54 Å². The standard InChI is InChI=1S/C8H13N2O2/c1-2-8(6-11,7-12)10-5-3-4-9-10/h4-5,11-12H,2,6-7H2,1H3. The lowest BCUT2D eigenvalue weighted by Crippen LogP contribution is -2.41. The molecule has 1 aromatic heterocycles. The Hall–Kier alpha value is -0.870. The molecule has 0 aromatic carbocycles. The predicted molar refractivity (Wildman–Crippen MR) is 43.5 cm³/mol. The van der Waals surface area contributed by atoms with Gasteiger partial charge < -0.3 is 10.2 Å². The summed E-state index contributed by atoms with van der Waals surface area (Å²) in [5.74, 6) is 0. The first kappa shape index (κ1) is 9.22. The molecule has 1 rings (SSSR count). The summed E-state index contributed by atoms with van der Waals surface area (Å²) < 4.78 is 1.55. The van der Waals surface area contributed by atoms with Crippen LogP contribution >= 0.6 is 0 Å². The van der Waals surface area contributed by atoms with E-state index >= 15 is 0 Å². The number of aliphatic hydroxyl groups is 2. The van der Waals surface area contributed by atoms with Gasteiger partial charge in [0.15, 0.2) is 0 Å². The average molecular weight is 169 g/mol. The van der Waals surface area contributed by atoms with Crippen molar-refractivity contribution in [2.75, 3.05) is 13.2 Å². The van der Waals surface area contributed by atoms with E-state index in [0.717, 1.165) is 0 Å². The zero-order valence-corrected chi connectivity index (χ0v) is 7.06. The van der Waals surface area contributed by atoms with Crippen LogP contribution in [0.5, 0.6) is 0 Å². The Bertz CT molecular complexity index is 209. The Kier molecular flexibility index (Phi) is 2.83. The summed E-state index contributed by atoms with van der Waals surface area (Å²) >= 11 is 0. The van der Waals surface area contributed by atoms with Crippen LogP contribution in [0.4, 0.5) is 0 Å². The zero-order chi connectivity index (χ0) is 9.03. The molecule has 0 aliphatic rings. The second-order valence-corrected chi connectivity index (χ2v) is 2.78. The summed E-state index contributed by atoms with van der Waals surface area (Å²) in [4.78, 5) is 0. The van der Waals surface area contributed by atoms with Gasteiger partial charge in [-0.15, -0.1) is 0 Å². The van der Waals surface area contributed by atoms with E-state index in [-0.39, 0.29) is 13.2 Å². The van der Waals surface area contributed by atoms with Gasteiger partial charge in [-0.3, -0.25) is 4.68 Å². The van der Waals surface area contributed by atoms with Crippen LogP contribution in [0.2, 0.25) is 0 Å². The molecule has 0 unspecified atom stereocenters. The smallest absolute Gasteiger partial charge is 0.108 e. The van der Waals surface area contributed by atoms with Crippen molar-refractivity contribution in [1.82, 2.24) is 9.78 Å². The highest BCUT2D eigenvalue weighted by atomic mass is 16.3. The fraction of sp³-hybridized carbons (Fsp3) is 0.625. The fourth-order valence-electron chi connectivity index (χ4n) is 1.07. The molecular formula is C8H13N2O2.